The molecule has 8 heteroatoms. The molecule has 0 bridgehead atoms. The average molecular weight is 419 g/mol. The van der Waals surface area contributed by atoms with Gasteiger partial charge in [0.2, 0.25) is 5.91 Å². The van der Waals surface area contributed by atoms with Gasteiger partial charge in [-0.3, -0.25) is 9.48 Å². The number of hydrogen-bond acceptors (Lipinski definition) is 5. The van der Waals surface area contributed by atoms with Gasteiger partial charge in [0.15, 0.2) is 11.0 Å². The molecule has 2 heterocycles. The van der Waals surface area contributed by atoms with Crippen molar-refractivity contribution in [1.29, 1.82) is 0 Å². The summed E-state index contributed by atoms with van der Waals surface area (Å²) in [6.45, 7) is 2.01. The molecule has 0 spiro atoms. The highest BCUT2D eigenvalue weighted by atomic mass is 32.2. The molecule has 7 nitrogen and oxygen atoms in total. The van der Waals surface area contributed by atoms with E-state index < -0.39 is 0 Å². The molecule has 0 aliphatic carbocycles. The van der Waals surface area contributed by atoms with E-state index in [2.05, 4.69) is 20.6 Å². The Balaban J connectivity index is 1.50. The predicted molar refractivity (Wildman–Crippen MR) is 119 cm³/mol. The zero-order valence-electron chi connectivity index (χ0n) is 17.0. The largest absolute Gasteiger partial charge is 0.325 e. The number of thioether (sulfide) groups is 1. The van der Waals surface area contributed by atoms with Gasteiger partial charge in [-0.2, -0.15) is 5.10 Å². The van der Waals surface area contributed by atoms with Gasteiger partial charge in [-0.15, -0.1) is 10.2 Å². The molecule has 0 unspecified atom stereocenters. The van der Waals surface area contributed by atoms with Gasteiger partial charge in [0.1, 0.15) is 5.69 Å². The summed E-state index contributed by atoms with van der Waals surface area (Å²) in [6, 6.07) is 17.7. The standard InChI is InChI=1S/C22H22N6OS/c1-15-9-11-17(12-10-15)23-19(29)14-30-22-25-24-21(28(22)3)18-13-27(2)26-20(18)16-7-5-4-6-8-16/h4-13H,14H2,1-3H3,(H,23,29). The summed E-state index contributed by atoms with van der Waals surface area (Å²) in [6.07, 6.45) is 1.94. The molecule has 0 radical (unpaired) electrons. The summed E-state index contributed by atoms with van der Waals surface area (Å²) in [5.74, 6) is 0.876. The number of carbonyl (C=O) groups excluding carboxylic acids is 1. The van der Waals surface area contributed by atoms with Crippen molar-refractivity contribution in [2.45, 2.75) is 12.1 Å². The van der Waals surface area contributed by atoms with Crippen molar-refractivity contribution in [1.82, 2.24) is 24.5 Å². The maximum atomic E-state index is 12.3. The van der Waals surface area contributed by atoms with E-state index in [0.29, 0.717) is 11.0 Å². The first-order valence-electron chi connectivity index (χ1n) is 9.49. The van der Waals surface area contributed by atoms with Gasteiger partial charge in [0.25, 0.3) is 0 Å². The van der Waals surface area contributed by atoms with E-state index >= 15 is 0 Å². The van der Waals surface area contributed by atoms with E-state index in [1.54, 1.807) is 4.68 Å². The van der Waals surface area contributed by atoms with Crippen LogP contribution < -0.4 is 5.32 Å². The summed E-state index contributed by atoms with van der Waals surface area (Å²) < 4.78 is 3.67. The maximum absolute atomic E-state index is 12.3. The molecule has 152 valence electrons. The quantitative estimate of drug-likeness (QED) is 0.480. The second-order valence-electron chi connectivity index (χ2n) is 7.00. The van der Waals surface area contributed by atoms with E-state index in [4.69, 9.17) is 0 Å². The Morgan fingerprint density at radius 1 is 1.03 bits per heavy atom. The van der Waals surface area contributed by atoms with Crippen molar-refractivity contribution in [3.63, 3.8) is 0 Å². The molecular formula is C22H22N6OS. The molecule has 2 aromatic heterocycles. The number of anilines is 1. The highest BCUT2D eigenvalue weighted by molar-refractivity contribution is 7.99. The first-order chi connectivity index (χ1) is 14.5. The fourth-order valence-electron chi connectivity index (χ4n) is 3.10. The summed E-state index contributed by atoms with van der Waals surface area (Å²) in [7, 11) is 3.79. The van der Waals surface area contributed by atoms with Crippen LogP contribution in [0.25, 0.3) is 22.6 Å². The van der Waals surface area contributed by atoms with Crippen LogP contribution in [0.1, 0.15) is 5.56 Å². The zero-order chi connectivity index (χ0) is 21.1. The highest BCUT2D eigenvalue weighted by Crippen LogP contribution is 2.31. The number of aryl methyl sites for hydroxylation is 2. The van der Waals surface area contributed by atoms with Crippen molar-refractivity contribution >= 4 is 23.4 Å². The molecule has 30 heavy (non-hydrogen) atoms. The van der Waals surface area contributed by atoms with Crippen LogP contribution in [0, 0.1) is 6.92 Å². The first kappa shape index (κ1) is 19.9. The summed E-state index contributed by atoms with van der Waals surface area (Å²) in [5, 5.41) is 16.8. The van der Waals surface area contributed by atoms with Crippen molar-refractivity contribution in [2.24, 2.45) is 14.1 Å². The Bertz CT molecular complexity index is 1160. The Kier molecular flexibility index (Phi) is 5.67. The lowest BCUT2D eigenvalue weighted by molar-refractivity contribution is -0.113. The molecule has 0 saturated carbocycles. The fourth-order valence-corrected chi connectivity index (χ4v) is 3.81. The number of hydrogen-bond donors (Lipinski definition) is 1. The molecule has 0 aliphatic heterocycles. The number of amides is 1. The number of benzene rings is 2. The van der Waals surface area contributed by atoms with Crippen LogP contribution in [0.5, 0.6) is 0 Å². The normalized spacial score (nSPS) is 10.9. The van der Waals surface area contributed by atoms with Gasteiger partial charge in [-0.1, -0.05) is 59.8 Å². The second kappa shape index (κ2) is 8.54. The third-order valence-electron chi connectivity index (χ3n) is 4.62. The molecule has 0 aliphatic rings. The lowest BCUT2D eigenvalue weighted by Gasteiger charge is -2.06. The van der Waals surface area contributed by atoms with Gasteiger partial charge in [0, 0.05) is 31.5 Å². The average Bonchev–Trinajstić information content (AvgIpc) is 3.31. The van der Waals surface area contributed by atoms with Gasteiger partial charge in [-0.05, 0) is 19.1 Å². The van der Waals surface area contributed by atoms with Gasteiger partial charge < -0.3 is 9.88 Å². The summed E-state index contributed by atoms with van der Waals surface area (Å²) in [4.78, 5) is 12.3. The fraction of sp³-hybridized carbons (Fsp3) is 0.182. The van der Waals surface area contributed by atoms with Crippen molar-refractivity contribution in [3.8, 4) is 22.6 Å². The third-order valence-corrected chi connectivity index (χ3v) is 5.64. The number of rotatable bonds is 6. The monoisotopic (exact) mass is 418 g/mol. The Labute approximate surface area is 179 Å². The van der Waals surface area contributed by atoms with E-state index in [1.807, 2.05) is 86.4 Å². The molecule has 4 aromatic rings. The number of nitrogens with one attached hydrogen (secondary N) is 1. The van der Waals surface area contributed by atoms with Crippen LogP contribution in [0.3, 0.4) is 0 Å². The van der Waals surface area contributed by atoms with E-state index in [-0.39, 0.29) is 11.7 Å². The SMILES string of the molecule is Cc1ccc(NC(=O)CSc2nnc(-c3cn(C)nc3-c3ccccc3)n2C)cc1. The zero-order valence-corrected chi connectivity index (χ0v) is 17.8. The third kappa shape index (κ3) is 4.28. The molecule has 1 amide bonds. The summed E-state index contributed by atoms with van der Waals surface area (Å²) >= 11 is 1.35. The van der Waals surface area contributed by atoms with E-state index in [9.17, 15) is 4.79 Å². The number of carbonyl (C=O) groups is 1. The minimum Gasteiger partial charge on any atom is -0.325 e. The minimum absolute atomic E-state index is 0.0836. The molecule has 0 atom stereocenters. The smallest absolute Gasteiger partial charge is 0.234 e. The Morgan fingerprint density at radius 3 is 2.50 bits per heavy atom. The topological polar surface area (TPSA) is 77.6 Å². The molecule has 0 saturated heterocycles. The predicted octanol–water partition coefficient (Wildman–Crippen LogP) is 3.92. The number of nitrogens with zero attached hydrogens (tertiary/aromatic N) is 5. The minimum atomic E-state index is -0.0836. The van der Waals surface area contributed by atoms with Gasteiger partial charge in [-0.25, -0.2) is 0 Å². The Hall–Kier alpha value is -3.39. The van der Waals surface area contributed by atoms with Crippen molar-refractivity contribution in [2.75, 3.05) is 11.1 Å². The summed E-state index contributed by atoms with van der Waals surface area (Å²) in [5.41, 5.74) is 4.70. The molecule has 2 aromatic carbocycles. The molecule has 0 fully saturated rings. The van der Waals surface area contributed by atoms with Crippen LogP contribution >= 0.6 is 11.8 Å². The maximum Gasteiger partial charge on any atom is 0.234 e. The lowest BCUT2D eigenvalue weighted by Crippen LogP contribution is -2.14. The lowest BCUT2D eigenvalue weighted by atomic mass is 10.1. The molecular weight excluding hydrogens is 396 g/mol. The molecule has 4 rings (SSSR count). The second-order valence-corrected chi connectivity index (χ2v) is 7.94. The Morgan fingerprint density at radius 2 is 1.77 bits per heavy atom. The van der Waals surface area contributed by atoms with Crippen LogP contribution in [-0.4, -0.2) is 36.2 Å². The van der Waals surface area contributed by atoms with E-state index in [1.165, 1.54) is 11.8 Å². The molecule has 1 N–H and O–H groups in total. The first-order valence-corrected chi connectivity index (χ1v) is 10.5. The van der Waals surface area contributed by atoms with Crippen LogP contribution in [0.15, 0.2) is 66.0 Å². The van der Waals surface area contributed by atoms with Crippen molar-refractivity contribution < 1.29 is 4.79 Å². The number of aromatic nitrogens is 5. The van der Waals surface area contributed by atoms with Crippen LogP contribution in [-0.2, 0) is 18.9 Å². The van der Waals surface area contributed by atoms with Gasteiger partial charge >= 0.3 is 0 Å². The van der Waals surface area contributed by atoms with Gasteiger partial charge in [0.05, 0.1) is 11.3 Å². The van der Waals surface area contributed by atoms with Crippen LogP contribution in [0.2, 0.25) is 0 Å². The highest BCUT2D eigenvalue weighted by Gasteiger charge is 2.19. The van der Waals surface area contributed by atoms with E-state index in [0.717, 1.165) is 28.1 Å². The van der Waals surface area contributed by atoms with Crippen molar-refractivity contribution in [3.05, 3.63) is 66.4 Å². The van der Waals surface area contributed by atoms with Crippen LogP contribution in [0.4, 0.5) is 5.69 Å².